The van der Waals surface area contributed by atoms with Crippen LogP contribution in [0.3, 0.4) is 0 Å². The molecule has 0 fully saturated rings. The van der Waals surface area contributed by atoms with E-state index < -0.39 is 17.8 Å². The quantitative estimate of drug-likeness (QED) is 0.641. The van der Waals surface area contributed by atoms with E-state index in [4.69, 9.17) is 16.4 Å². The maximum Gasteiger partial charge on any atom is 0.375 e. The van der Waals surface area contributed by atoms with Crippen LogP contribution in [-0.2, 0) is 4.84 Å². The van der Waals surface area contributed by atoms with E-state index in [9.17, 15) is 14.4 Å². The first-order chi connectivity index (χ1) is 12.5. The van der Waals surface area contributed by atoms with Gasteiger partial charge in [0, 0.05) is 10.6 Å². The van der Waals surface area contributed by atoms with E-state index in [1.54, 1.807) is 36.4 Å². The van der Waals surface area contributed by atoms with Crippen LogP contribution in [0.2, 0.25) is 5.02 Å². The van der Waals surface area contributed by atoms with Gasteiger partial charge in [0.2, 0.25) is 0 Å². The molecule has 2 heterocycles. The summed E-state index contributed by atoms with van der Waals surface area (Å²) in [5.41, 5.74) is 1.76. The third kappa shape index (κ3) is 2.77. The third-order valence-electron chi connectivity index (χ3n) is 3.78. The molecule has 1 aromatic heterocycles. The summed E-state index contributed by atoms with van der Waals surface area (Å²) >= 11 is 6.77. The molecule has 128 valence electrons. The number of carbonyl (C=O) groups is 3. The first-order valence-corrected chi connectivity index (χ1v) is 8.62. The molecule has 3 aromatic rings. The number of hydrogen-bond acceptors (Lipinski definition) is 6. The van der Waals surface area contributed by atoms with E-state index in [0.717, 1.165) is 17.1 Å². The highest BCUT2D eigenvalue weighted by Gasteiger charge is 2.39. The molecular formula is C18H9ClN2O4S. The van der Waals surface area contributed by atoms with Gasteiger partial charge in [0.15, 0.2) is 0 Å². The molecular weight excluding hydrogens is 376 g/mol. The van der Waals surface area contributed by atoms with E-state index in [2.05, 4.69) is 4.37 Å². The highest BCUT2D eigenvalue weighted by atomic mass is 35.5. The lowest BCUT2D eigenvalue weighted by Crippen LogP contribution is -2.32. The Bertz CT molecular complexity index is 1010. The summed E-state index contributed by atoms with van der Waals surface area (Å²) in [6.45, 7) is 0. The highest BCUT2D eigenvalue weighted by Crippen LogP contribution is 2.26. The number of halogens is 1. The zero-order chi connectivity index (χ0) is 18.3. The number of hydrogen-bond donors (Lipinski definition) is 0. The van der Waals surface area contributed by atoms with Crippen LogP contribution in [0.4, 0.5) is 0 Å². The Morgan fingerprint density at radius 2 is 1.62 bits per heavy atom. The molecule has 0 radical (unpaired) electrons. The van der Waals surface area contributed by atoms with Gasteiger partial charge in [0.1, 0.15) is 4.88 Å². The first kappa shape index (κ1) is 16.4. The van der Waals surface area contributed by atoms with Gasteiger partial charge in [-0.25, -0.2) is 4.79 Å². The van der Waals surface area contributed by atoms with Crippen LogP contribution in [-0.4, -0.2) is 27.2 Å². The lowest BCUT2D eigenvalue weighted by Gasteiger charge is -2.11. The van der Waals surface area contributed by atoms with Gasteiger partial charge >= 0.3 is 5.97 Å². The Labute approximate surface area is 156 Å². The van der Waals surface area contributed by atoms with Crippen molar-refractivity contribution in [3.8, 4) is 11.3 Å². The molecule has 26 heavy (non-hydrogen) atoms. The molecule has 0 bridgehead atoms. The van der Waals surface area contributed by atoms with Crippen LogP contribution in [0.15, 0.2) is 54.6 Å². The maximum atomic E-state index is 12.3. The van der Waals surface area contributed by atoms with Crippen molar-refractivity contribution >= 4 is 40.9 Å². The number of aromatic nitrogens is 1. The SMILES string of the molecule is O=C(ON1C(=O)c2ccccc2C1=O)c1cc(-c2ccc(Cl)cc2)ns1. The number of carbonyl (C=O) groups excluding carboxylic acids is 3. The second kappa shape index (κ2) is 6.36. The van der Waals surface area contributed by atoms with E-state index >= 15 is 0 Å². The standard InChI is InChI=1S/C18H9ClN2O4S/c19-11-7-5-10(6-8-11)14-9-15(26-20-14)18(24)25-21-16(22)12-3-1-2-4-13(12)17(21)23/h1-9H. The Hall–Kier alpha value is -3.03. The van der Waals surface area contributed by atoms with Crippen LogP contribution in [0, 0.1) is 0 Å². The number of nitrogens with zero attached hydrogens (tertiary/aromatic N) is 2. The van der Waals surface area contributed by atoms with Crippen LogP contribution in [0.25, 0.3) is 11.3 Å². The molecule has 8 heteroatoms. The van der Waals surface area contributed by atoms with Crippen molar-refractivity contribution in [3.63, 3.8) is 0 Å². The highest BCUT2D eigenvalue weighted by molar-refractivity contribution is 7.08. The largest absolute Gasteiger partial charge is 0.375 e. The van der Waals surface area contributed by atoms with Gasteiger partial charge in [-0.05, 0) is 41.9 Å². The van der Waals surface area contributed by atoms with E-state index in [1.807, 2.05) is 0 Å². The van der Waals surface area contributed by atoms with Crippen molar-refractivity contribution in [1.29, 1.82) is 0 Å². The lowest BCUT2D eigenvalue weighted by molar-refractivity contribution is -0.0581. The van der Waals surface area contributed by atoms with E-state index in [0.29, 0.717) is 15.8 Å². The zero-order valence-corrected chi connectivity index (χ0v) is 14.6. The summed E-state index contributed by atoms with van der Waals surface area (Å²) in [5.74, 6) is -2.15. The molecule has 1 aliphatic rings. The molecule has 0 unspecified atom stereocenters. The Kier molecular flexibility index (Phi) is 4.02. The molecule has 1 aliphatic heterocycles. The predicted molar refractivity (Wildman–Crippen MR) is 94.9 cm³/mol. The van der Waals surface area contributed by atoms with Crippen molar-refractivity contribution in [1.82, 2.24) is 9.44 Å². The van der Waals surface area contributed by atoms with Crippen molar-refractivity contribution in [3.05, 3.63) is 75.6 Å². The molecule has 0 saturated carbocycles. The second-order valence-corrected chi connectivity index (χ2v) is 6.65. The average Bonchev–Trinajstić information content (AvgIpc) is 3.23. The van der Waals surface area contributed by atoms with Crippen LogP contribution >= 0.6 is 23.1 Å². The minimum absolute atomic E-state index is 0.173. The van der Waals surface area contributed by atoms with Crippen molar-refractivity contribution < 1.29 is 19.2 Å². The zero-order valence-electron chi connectivity index (χ0n) is 13.0. The minimum Gasteiger partial charge on any atom is -0.323 e. The summed E-state index contributed by atoms with van der Waals surface area (Å²) in [5, 5.41) is 1.07. The number of hydroxylamine groups is 2. The van der Waals surface area contributed by atoms with Gasteiger partial charge < -0.3 is 4.84 Å². The van der Waals surface area contributed by atoms with Crippen LogP contribution in [0.5, 0.6) is 0 Å². The minimum atomic E-state index is -0.822. The topological polar surface area (TPSA) is 76.6 Å². The normalized spacial score (nSPS) is 13.0. The fourth-order valence-electron chi connectivity index (χ4n) is 2.51. The number of amides is 2. The lowest BCUT2D eigenvalue weighted by atomic mass is 10.1. The fourth-order valence-corrected chi connectivity index (χ4v) is 3.26. The fraction of sp³-hybridized carbons (Fsp3) is 0. The number of benzene rings is 2. The monoisotopic (exact) mass is 384 g/mol. The molecule has 4 rings (SSSR count). The molecule has 2 aromatic carbocycles. The second-order valence-electron chi connectivity index (χ2n) is 5.41. The maximum absolute atomic E-state index is 12.3. The molecule has 0 aliphatic carbocycles. The molecule has 0 N–H and O–H groups in total. The third-order valence-corrected chi connectivity index (χ3v) is 4.80. The average molecular weight is 385 g/mol. The molecule has 0 saturated heterocycles. The van der Waals surface area contributed by atoms with Gasteiger partial charge in [-0.1, -0.05) is 40.9 Å². The number of fused-ring (bicyclic) bond motifs is 1. The van der Waals surface area contributed by atoms with Crippen LogP contribution < -0.4 is 0 Å². The Morgan fingerprint density at radius 3 is 2.23 bits per heavy atom. The predicted octanol–water partition coefficient (Wildman–Crippen LogP) is 3.83. The molecule has 6 nitrogen and oxygen atoms in total. The molecule has 2 amide bonds. The smallest absolute Gasteiger partial charge is 0.323 e. The van der Waals surface area contributed by atoms with Crippen molar-refractivity contribution in [2.45, 2.75) is 0 Å². The summed E-state index contributed by atoms with van der Waals surface area (Å²) in [6, 6.07) is 14.8. The van der Waals surface area contributed by atoms with E-state index in [-0.39, 0.29) is 16.0 Å². The molecule has 0 atom stereocenters. The van der Waals surface area contributed by atoms with Gasteiger partial charge in [-0.3, -0.25) is 9.59 Å². The molecule has 0 spiro atoms. The van der Waals surface area contributed by atoms with Crippen molar-refractivity contribution in [2.24, 2.45) is 0 Å². The Balaban J connectivity index is 1.54. The van der Waals surface area contributed by atoms with Crippen molar-refractivity contribution in [2.75, 3.05) is 0 Å². The Morgan fingerprint density at radius 1 is 1.00 bits per heavy atom. The summed E-state index contributed by atoms with van der Waals surface area (Å²) < 4.78 is 4.20. The van der Waals surface area contributed by atoms with E-state index in [1.165, 1.54) is 18.2 Å². The first-order valence-electron chi connectivity index (χ1n) is 7.47. The van der Waals surface area contributed by atoms with Gasteiger partial charge in [0.25, 0.3) is 11.8 Å². The van der Waals surface area contributed by atoms with Gasteiger partial charge in [-0.15, -0.1) is 0 Å². The number of rotatable bonds is 3. The number of imide groups is 1. The summed E-state index contributed by atoms with van der Waals surface area (Å²) in [4.78, 5) is 42.0. The van der Waals surface area contributed by atoms with Gasteiger partial charge in [-0.2, -0.15) is 4.37 Å². The van der Waals surface area contributed by atoms with Gasteiger partial charge in [0.05, 0.1) is 16.8 Å². The summed E-state index contributed by atoms with van der Waals surface area (Å²) in [7, 11) is 0. The summed E-state index contributed by atoms with van der Waals surface area (Å²) in [6.07, 6.45) is 0. The van der Waals surface area contributed by atoms with Crippen LogP contribution in [0.1, 0.15) is 30.4 Å².